The van der Waals surface area contributed by atoms with Crippen molar-refractivity contribution in [3.63, 3.8) is 0 Å². The lowest BCUT2D eigenvalue weighted by Crippen LogP contribution is -2.20. The van der Waals surface area contributed by atoms with Gasteiger partial charge < -0.3 is 5.11 Å². The summed E-state index contributed by atoms with van der Waals surface area (Å²) in [5, 5.41) is 13.8. The zero-order valence-corrected chi connectivity index (χ0v) is 12.3. The number of aromatic nitrogens is 2. The van der Waals surface area contributed by atoms with Crippen molar-refractivity contribution in [2.24, 2.45) is 0 Å². The zero-order valence-electron chi connectivity index (χ0n) is 10.7. The quantitative estimate of drug-likeness (QED) is 0.934. The third kappa shape index (κ3) is 1.86. The number of hydrogen-bond donors (Lipinski definition) is 1. The van der Waals surface area contributed by atoms with E-state index in [9.17, 15) is 14.3 Å². The molecule has 1 aromatic carbocycles. The molecule has 0 saturated heterocycles. The van der Waals surface area contributed by atoms with Crippen LogP contribution in [0.5, 0.6) is 0 Å². The van der Waals surface area contributed by atoms with E-state index in [0.29, 0.717) is 28.7 Å². The molecule has 6 heteroatoms. The molecule has 1 aliphatic rings. The van der Waals surface area contributed by atoms with Crippen LogP contribution in [-0.4, -0.2) is 20.9 Å². The highest BCUT2D eigenvalue weighted by Gasteiger charge is 2.55. The minimum atomic E-state index is -0.866. The number of benzene rings is 1. The van der Waals surface area contributed by atoms with E-state index in [4.69, 9.17) is 0 Å². The average molecular weight is 339 g/mol. The molecule has 20 heavy (non-hydrogen) atoms. The molecule has 0 atom stereocenters. The Bertz CT molecular complexity index is 690. The van der Waals surface area contributed by atoms with Crippen molar-refractivity contribution in [2.45, 2.75) is 25.2 Å². The number of halogens is 2. The lowest BCUT2D eigenvalue weighted by Gasteiger charge is -2.06. The van der Waals surface area contributed by atoms with E-state index < -0.39 is 11.4 Å². The molecule has 0 amide bonds. The molecule has 1 saturated carbocycles. The Morgan fingerprint density at radius 1 is 1.40 bits per heavy atom. The SMILES string of the molecule is Cc1c(Br)c(C2(C(=O)O)CC2)nn1-c1ccc(F)cc1. The summed E-state index contributed by atoms with van der Waals surface area (Å²) in [5.41, 5.74) is 1.19. The summed E-state index contributed by atoms with van der Waals surface area (Å²) in [5.74, 6) is -1.16. The first kappa shape index (κ1) is 13.3. The van der Waals surface area contributed by atoms with E-state index in [0.717, 1.165) is 5.69 Å². The van der Waals surface area contributed by atoms with Crippen molar-refractivity contribution in [3.05, 3.63) is 45.9 Å². The molecule has 0 aliphatic heterocycles. The Hall–Kier alpha value is -1.69. The topological polar surface area (TPSA) is 55.1 Å². The largest absolute Gasteiger partial charge is 0.481 e. The van der Waals surface area contributed by atoms with E-state index >= 15 is 0 Å². The molecule has 104 valence electrons. The van der Waals surface area contributed by atoms with Gasteiger partial charge in [-0.05, 0) is 60.0 Å². The van der Waals surface area contributed by atoms with Gasteiger partial charge in [0.15, 0.2) is 0 Å². The van der Waals surface area contributed by atoms with Gasteiger partial charge in [0.25, 0.3) is 0 Å². The second-order valence-corrected chi connectivity index (χ2v) is 5.82. The average Bonchev–Trinajstić information content (AvgIpc) is 3.16. The molecule has 0 unspecified atom stereocenters. The van der Waals surface area contributed by atoms with Gasteiger partial charge in [-0.2, -0.15) is 5.10 Å². The second-order valence-electron chi connectivity index (χ2n) is 5.02. The maximum Gasteiger partial charge on any atom is 0.315 e. The fraction of sp³-hybridized carbons (Fsp3) is 0.286. The predicted octanol–water partition coefficient (Wildman–Crippen LogP) is 3.20. The monoisotopic (exact) mass is 338 g/mol. The lowest BCUT2D eigenvalue weighted by molar-refractivity contribution is -0.140. The molecule has 0 radical (unpaired) electrons. The summed E-state index contributed by atoms with van der Waals surface area (Å²) in [4.78, 5) is 11.4. The van der Waals surface area contributed by atoms with E-state index in [1.165, 1.54) is 12.1 Å². The number of carboxylic acids is 1. The Kier molecular flexibility index (Phi) is 2.93. The maximum atomic E-state index is 13.0. The van der Waals surface area contributed by atoms with Crippen LogP contribution in [0.15, 0.2) is 28.7 Å². The van der Waals surface area contributed by atoms with Gasteiger partial charge in [0.05, 0.1) is 21.5 Å². The van der Waals surface area contributed by atoms with E-state index in [1.54, 1.807) is 16.8 Å². The Morgan fingerprint density at radius 2 is 2.00 bits per heavy atom. The van der Waals surface area contributed by atoms with Crippen molar-refractivity contribution in [2.75, 3.05) is 0 Å². The smallest absolute Gasteiger partial charge is 0.315 e. The minimum absolute atomic E-state index is 0.318. The van der Waals surface area contributed by atoms with Crippen LogP contribution in [0.3, 0.4) is 0 Å². The van der Waals surface area contributed by atoms with Gasteiger partial charge in [-0.15, -0.1) is 0 Å². The standard InChI is InChI=1S/C14H12BrFN2O2/c1-8-11(15)12(14(6-7-14)13(19)20)17-18(8)10-4-2-9(16)3-5-10/h2-5H,6-7H2,1H3,(H,19,20). The number of hydrogen-bond acceptors (Lipinski definition) is 2. The van der Waals surface area contributed by atoms with Crippen molar-refractivity contribution in [1.29, 1.82) is 0 Å². The Balaban J connectivity index is 2.11. The van der Waals surface area contributed by atoms with E-state index in [-0.39, 0.29) is 5.82 Å². The molecule has 4 nitrogen and oxygen atoms in total. The van der Waals surface area contributed by atoms with Crippen molar-refractivity contribution >= 4 is 21.9 Å². The molecule has 1 fully saturated rings. The van der Waals surface area contributed by atoms with Crippen LogP contribution in [0.4, 0.5) is 4.39 Å². The van der Waals surface area contributed by atoms with Crippen molar-refractivity contribution in [3.8, 4) is 5.69 Å². The number of nitrogens with zero attached hydrogens (tertiary/aromatic N) is 2. The van der Waals surface area contributed by atoms with E-state index in [1.807, 2.05) is 6.92 Å². The first-order valence-corrected chi connectivity index (χ1v) is 7.00. The molecule has 0 spiro atoms. The van der Waals surface area contributed by atoms with Gasteiger partial charge in [-0.25, -0.2) is 9.07 Å². The fourth-order valence-electron chi connectivity index (χ4n) is 2.30. The second kappa shape index (κ2) is 4.41. The third-order valence-electron chi connectivity index (χ3n) is 3.73. The van der Waals surface area contributed by atoms with Crippen molar-refractivity contribution < 1.29 is 14.3 Å². The highest BCUT2D eigenvalue weighted by atomic mass is 79.9. The first-order chi connectivity index (χ1) is 9.45. The van der Waals surface area contributed by atoms with Gasteiger partial charge >= 0.3 is 5.97 Å². The molecule has 0 bridgehead atoms. The summed E-state index contributed by atoms with van der Waals surface area (Å²) in [6.07, 6.45) is 1.20. The highest BCUT2D eigenvalue weighted by Crippen LogP contribution is 2.50. The highest BCUT2D eigenvalue weighted by molar-refractivity contribution is 9.10. The summed E-state index contributed by atoms with van der Waals surface area (Å²) >= 11 is 3.44. The molecule has 2 aromatic rings. The lowest BCUT2D eigenvalue weighted by atomic mass is 10.0. The van der Waals surface area contributed by atoms with Crippen LogP contribution >= 0.6 is 15.9 Å². The molecular formula is C14H12BrFN2O2. The van der Waals surface area contributed by atoms with Gasteiger partial charge in [-0.1, -0.05) is 0 Å². The van der Waals surface area contributed by atoms with Crippen LogP contribution in [0.1, 0.15) is 24.2 Å². The molecule has 1 heterocycles. The number of rotatable bonds is 3. The van der Waals surface area contributed by atoms with Gasteiger partial charge in [0, 0.05) is 0 Å². The van der Waals surface area contributed by atoms with Crippen LogP contribution in [0.25, 0.3) is 5.69 Å². The summed E-state index contributed by atoms with van der Waals surface area (Å²) in [6, 6.07) is 5.94. The molecular weight excluding hydrogens is 327 g/mol. The van der Waals surface area contributed by atoms with Gasteiger partial charge in [0.2, 0.25) is 0 Å². The summed E-state index contributed by atoms with van der Waals surface area (Å²) in [6.45, 7) is 1.85. The van der Waals surface area contributed by atoms with Crippen LogP contribution in [-0.2, 0) is 10.2 Å². The van der Waals surface area contributed by atoms with E-state index in [2.05, 4.69) is 21.0 Å². The first-order valence-electron chi connectivity index (χ1n) is 6.20. The molecule has 1 aromatic heterocycles. The minimum Gasteiger partial charge on any atom is -0.481 e. The van der Waals surface area contributed by atoms with Gasteiger partial charge in [0.1, 0.15) is 11.2 Å². The fourth-order valence-corrected chi connectivity index (χ4v) is 2.93. The summed E-state index contributed by atoms with van der Waals surface area (Å²) in [7, 11) is 0. The maximum absolute atomic E-state index is 13.0. The van der Waals surface area contributed by atoms with Crippen molar-refractivity contribution in [1.82, 2.24) is 9.78 Å². The van der Waals surface area contributed by atoms with Crippen LogP contribution < -0.4 is 0 Å². The molecule has 1 aliphatic carbocycles. The predicted molar refractivity (Wildman–Crippen MR) is 74.5 cm³/mol. The number of carbonyl (C=O) groups is 1. The number of carboxylic acid groups (broad SMARTS) is 1. The Labute approximate surface area is 123 Å². The normalized spacial score (nSPS) is 16.1. The molecule has 3 rings (SSSR count). The van der Waals surface area contributed by atoms with Gasteiger partial charge in [-0.3, -0.25) is 4.79 Å². The summed E-state index contributed by atoms with van der Waals surface area (Å²) < 4.78 is 15.3. The van der Waals surface area contributed by atoms with Crippen LogP contribution in [0.2, 0.25) is 0 Å². The molecule has 1 N–H and O–H groups in total. The third-order valence-corrected chi connectivity index (χ3v) is 4.68. The zero-order chi connectivity index (χ0) is 14.5. The number of aliphatic carboxylic acids is 1. The van der Waals surface area contributed by atoms with Crippen LogP contribution in [0, 0.1) is 12.7 Å². The Morgan fingerprint density at radius 3 is 2.50 bits per heavy atom.